The molecule has 0 radical (unpaired) electrons. The number of unbranched alkanes of at least 4 members (excludes halogenated alkanes) is 3. The molecular formula is C26H38O. The second-order valence-corrected chi connectivity index (χ2v) is 8.48. The first kappa shape index (κ1) is 21.7. The van der Waals surface area contributed by atoms with Crippen LogP contribution in [0.5, 0.6) is 0 Å². The average Bonchev–Trinajstić information content (AvgIpc) is 2.64. The summed E-state index contributed by atoms with van der Waals surface area (Å²) in [4.78, 5) is 0. The molecule has 1 atom stereocenters. The minimum atomic E-state index is -0.465. The fraction of sp³-hybridized carbons (Fsp3) is 0.538. The van der Waals surface area contributed by atoms with E-state index in [0.717, 1.165) is 12.0 Å². The summed E-state index contributed by atoms with van der Waals surface area (Å²) in [5.74, 6) is 0.873. The van der Waals surface area contributed by atoms with Crippen molar-refractivity contribution in [3.8, 4) is 11.1 Å². The lowest BCUT2D eigenvalue weighted by molar-refractivity contribution is 0.198. The standard InChI is InChI=1S/C26H38O/c1-7-8-9-13-16-22-23(18(2)3)17-24(19(4)5)25(20(6)27)26(22)21-14-11-10-12-15-21/h10-12,14-15,17-20,27H,7-9,13,16H2,1-6H3. The summed E-state index contributed by atoms with van der Waals surface area (Å²) < 4.78 is 0. The van der Waals surface area contributed by atoms with Crippen LogP contribution in [0, 0.1) is 0 Å². The average molecular weight is 367 g/mol. The molecule has 0 bridgehead atoms. The first-order chi connectivity index (χ1) is 12.9. The molecule has 148 valence electrons. The minimum Gasteiger partial charge on any atom is -0.389 e. The van der Waals surface area contributed by atoms with Gasteiger partial charge in [-0.1, -0.05) is 90.3 Å². The van der Waals surface area contributed by atoms with E-state index < -0.39 is 6.10 Å². The van der Waals surface area contributed by atoms with Crippen LogP contribution in [0.2, 0.25) is 0 Å². The highest BCUT2D eigenvalue weighted by Gasteiger charge is 2.24. The van der Waals surface area contributed by atoms with Crippen molar-refractivity contribution < 1.29 is 5.11 Å². The van der Waals surface area contributed by atoms with Gasteiger partial charge in [0, 0.05) is 0 Å². The van der Waals surface area contributed by atoms with Crippen molar-refractivity contribution in [2.24, 2.45) is 0 Å². The number of aliphatic hydroxyl groups is 1. The Hall–Kier alpha value is -1.60. The van der Waals surface area contributed by atoms with Crippen molar-refractivity contribution in [1.29, 1.82) is 0 Å². The van der Waals surface area contributed by atoms with Gasteiger partial charge in [-0.15, -0.1) is 0 Å². The van der Waals surface area contributed by atoms with Crippen LogP contribution in [0.4, 0.5) is 0 Å². The number of hydrogen-bond acceptors (Lipinski definition) is 1. The molecule has 0 aliphatic rings. The fourth-order valence-corrected chi connectivity index (χ4v) is 4.16. The lowest BCUT2D eigenvalue weighted by Gasteiger charge is -2.27. The van der Waals surface area contributed by atoms with Gasteiger partial charge in [0.2, 0.25) is 0 Å². The van der Waals surface area contributed by atoms with E-state index in [1.165, 1.54) is 53.5 Å². The minimum absolute atomic E-state index is 0.392. The monoisotopic (exact) mass is 366 g/mol. The van der Waals surface area contributed by atoms with Crippen LogP contribution in [0.3, 0.4) is 0 Å². The highest BCUT2D eigenvalue weighted by atomic mass is 16.3. The SMILES string of the molecule is CCCCCCc1c(C(C)C)cc(C(C)C)c(C(C)O)c1-c1ccccc1. The van der Waals surface area contributed by atoms with Gasteiger partial charge in [0.15, 0.2) is 0 Å². The van der Waals surface area contributed by atoms with Crippen LogP contribution in [0.15, 0.2) is 36.4 Å². The number of hydrogen-bond donors (Lipinski definition) is 1. The van der Waals surface area contributed by atoms with E-state index in [0.29, 0.717) is 11.8 Å². The molecule has 0 saturated carbocycles. The molecule has 1 nitrogen and oxygen atoms in total. The van der Waals surface area contributed by atoms with Gasteiger partial charge >= 0.3 is 0 Å². The Labute approximate surface area is 166 Å². The van der Waals surface area contributed by atoms with Crippen LogP contribution >= 0.6 is 0 Å². The Balaban J connectivity index is 2.75. The Bertz CT molecular complexity index is 711. The lowest BCUT2D eigenvalue weighted by atomic mass is 9.78. The van der Waals surface area contributed by atoms with E-state index >= 15 is 0 Å². The zero-order chi connectivity index (χ0) is 20.0. The maximum atomic E-state index is 10.8. The largest absolute Gasteiger partial charge is 0.389 e. The van der Waals surface area contributed by atoms with Gasteiger partial charge in [-0.3, -0.25) is 0 Å². The number of benzene rings is 2. The zero-order valence-corrected chi connectivity index (χ0v) is 18.2. The molecule has 0 heterocycles. The third-order valence-electron chi connectivity index (χ3n) is 5.55. The predicted octanol–water partition coefficient (Wildman–Crippen LogP) is 7.78. The third-order valence-corrected chi connectivity index (χ3v) is 5.55. The lowest BCUT2D eigenvalue weighted by Crippen LogP contribution is -2.10. The first-order valence-corrected chi connectivity index (χ1v) is 10.8. The van der Waals surface area contributed by atoms with Gasteiger partial charge in [0.25, 0.3) is 0 Å². The van der Waals surface area contributed by atoms with Gasteiger partial charge in [-0.2, -0.15) is 0 Å². The Morgan fingerprint density at radius 1 is 0.815 bits per heavy atom. The second kappa shape index (κ2) is 10.1. The van der Waals surface area contributed by atoms with E-state index in [1.54, 1.807) is 0 Å². The number of aliphatic hydroxyl groups excluding tert-OH is 1. The summed E-state index contributed by atoms with van der Waals surface area (Å²) in [6.45, 7) is 13.3. The Morgan fingerprint density at radius 2 is 1.44 bits per heavy atom. The van der Waals surface area contributed by atoms with Gasteiger partial charge in [-0.05, 0) is 65.0 Å². The molecule has 0 aromatic heterocycles. The Morgan fingerprint density at radius 3 is 1.96 bits per heavy atom. The van der Waals surface area contributed by atoms with Crippen molar-refractivity contribution in [3.63, 3.8) is 0 Å². The number of rotatable bonds is 9. The highest BCUT2D eigenvalue weighted by Crippen LogP contribution is 2.41. The van der Waals surface area contributed by atoms with Crippen LogP contribution in [-0.2, 0) is 6.42 Å². The van der Waals surface area contributed by atoms with Crippen LogP contribution in [0.1, 0.15) is 107 Å². The maximum absolute atomic E-state index is 10.8. The van der Waals surface area contributed by atoms with Crippen LogP contribution in [0.25, 0.3) is 11.1 Å². The zero-order valence-electron chi connectivity index (χ0n) is 18.2. The van der Waals surface area contributed by atoms with E-state index in [4.69, 9.17) is 0 Å². The summed E-state index contributed by atoms with van der Waals surface area (Å²) in [7, 11) is 0. The predicted molar refractivity (Wildman–Crippen MR) is 119 cm³/mol. The molecule has 2 aromatic rings. The van der Waals surface area contributed by atoms with Crippen molar-refractivity contribution >= 4 is 0 Å². The summed E-state index contributed by atoms with van der Waals surface area (Å²) in [6.07, 6.45) is 5.67. The molecule has 0 fully saturated rings. The van der Waals surface area contributed by atoms with Crippen molar-refractivity contribution in [2.75, 3.05) is 0 Å². The summed E-state index contributed by atoms with van der Waals surface area (Å²) in [6, 6.07) is 13.1. The van der Waals surface area contributed by atoms with E-state index in [-0.39, 0.29) is 0 Å². The molecule has 2 rings (SSSR count). The van der Waals surface area contributed by atoms with E-state index in [1.807, 2.05) is 6.92 Å². The first-order valence-electron chi connectivity index (χ1n) is 10.8. The highest BCUT2D eigenvalue weighted by molar-refractivity contribution is 5.75. The molecule has 1 N–H and O–H groups in total. The molecular weight excluding hydrogens is 328 g/mol. The van der Waals surface area contributed by atoms with Crippen molar-refractivity contribution in [2.45, 2.75) is 91.6 Å². The molecule has 1 unspecified atom stereocenters. The van der Waals surface area contributed by atoms with E-state index in [2.05, 4.69) is 71.0 Å². The van der Waals surface area contributed by atoms with Crippen LogP contribution < -0.4 is 0 Å². The molecule has 0 aliphatic carbocycles. The quantitative estimate of drug-likeness (QED) is 0.449. The molecule has 0 saturated heterocycles. The second-order valence-electron chi connectivity index (χ2n) is 8.48. The third kappa shape index (κ3) is 5.23. The Kier molecular flexibility index (Phi) is 8.10. The molecule has 2 aromatic carbocycles. The van der Waals surface area contributed by atoms with Crippen molar-refractivity contribution in [1.82, 2.24) is 0 Å². The smallest absolute Gasteiger partial charge is 0.0770 e. The van der Waals surface area contributed by atoms with Crippen LogP contribution in [-0.4, -0.2) is 5.11 Å². The molecule has 0 aliphatic heterocycles. The normalized spacial score (nSPS) is 12.8. The molecule has 0 spiro atoms. The van der Waals surface area contributed by atoms with Crippen molar-refractivity contribution in [3.05, 3.63) is 58.7 Å². The summed E-state index contributed by atoms with van der Waals surface area (Å²) in [5.41, 5.74) is 7.86. The topological polar surface area (TPSA) is 20.2 Å². The van der Waals surface area contributed by atoms with E-state index in [9.17, 15) is 5.11 Å². The van der Waals surface area contributed by atoms with Gasteiger partial charge in [0.05, 0.1) is 6.10 Å². The van der Waals surface area contributed by atoms with Gasteiger partial charge in [0.1, 0.15) is 0 Å². The maximum Gasteiger partial charge on any atom is 0.0770 e. The fourth-order valence-electron chi connectivity index (χ4n) is 4.16. The molecule has 0 amide bonds. The summed E-state index contributed by atoms with van der Waals surface area (Å²) in [5, 5.41) is 10.8. The molecule has 1 heteroatoms. The van der Waals surface area contributed by atoms with Gasteiger partial charge in [-0.25, -0.2) is 0 Å². The van der Waals surface area contributed by atoms with Gasteiger partial charge < -0.3 is 5.11 Å². The summed E-state index contributed by atoms with van der Waals surface area (Å²) >= 11 is 0. The molecule has 27 heavy (non-hydrogen) atoms.